The van der Waals surface area contributed by atoms with Gasteiger partial charge in [0, 0.05) is 17.5 Å². The summed E-state index contributed by atoms with van der Waals surface area (Å²) in [7, 11) is 0. The van der Waals surface area contributed by atoms with Gasteiger partial charge in [0.25, 0.3) is 11.5 Å². The minimum absolute atomic E-state index is 0.253. The second kappa shape index (κ2) is 8.31. The van der Waals surface area contributed by atoms with Crippen LogP contribution in [-0.2, 0) is 11.9 Å². The molecule has 4 aromatic rings. The van der Waals surface area contributed by atoms with Crippen molar-refractivity contribution < 1.29 is 18.0 Å². The number of thioether (sulfide) groups is 1. The molecule has 10 heteroatoms. The number of aromatic nitrogens is 3. The Kier molecular flexibility index (Phi) is 5.55. The average molecular weight is 444 g/mol. The number of nitrogens with zero attached hydrogens (tertiary/aromatic N) is 1. The number of carbonyl (C=O) groups is 1. The first-order valence-electron chi connectivity index (χ1n) is 9.08. The van der Waals surface area contributed by atoms with E-state index < -0.39 is 28.9 Å². The van der Waals surface area contributed by atoms with Crippen molar-refractivity contribution in [1.29, 1.82) is 0 Å². The molecule has 0 bridgehead atoms. The quantitative estimate of drug-likeness (QED) is 0.385. The summed E-state index contributed by atoms with van der Waals surface area (Å²) in [6, 6.07) is 14.8. The number of imidazole rings is 1. The molecule has 0 atom stereocenters. The molecule has 3 N–H and O–H groups in total. The average Bonchev–Trinajstić information content (AvgIpc) is 3.16. The van der Waals surface area contributed by atoms with Gasteiger partial charge in [0.05, 0.1) is 16.6 Å². The molecule has 0 saturated heterocycles. The van der Waals surface area contributed by atoms with Crippen molar-refractivity contribution >= 4 is 34.4 Å². The first-order chi connectivity index (χ1) is 14.8. The van der Waals surface area contributed by atoms with Gasteiger partial charge in [-0.2, -0.15) is 13.2 Å². The number of pyridine rings is 1. The minimum atomic E-state index is -4.65. The molecular formula is C21H15F3N4O2S. The lowest BCUT2D eigenvalue weighted by Crippen LogP contribution is -2.22. The van der Waals surface area contributed by atoms with Crippen molar-refractivity contribution in [3.63, 3.8) is 0 Å². The summed E-state index contributed by atoms with van der Waals surface area (Å²) in [5.41, 5.74) is 0.252. The van der Waals surface area contributed by atoms with Gasteiger partial charge < -0.3 is 15.3 Å². The van der Waals surface area contributed by atoms with E-state index in [9.17, 15) is 22.8 Å². The molecule has 31 heavy (non-hydrogen) atoms. The molecule has 4 rings (SSSR count). The Balaban J connectivity index is 1.54. The lowest BCUT2D eigenvalue weighted by Gasteiger charge is -2.11. The minimum Gasteiger partial charge on any atom is -0.333 e. The van der Waals surface area contributed by atoms with Crippen molar-refractivity contribution in [3.8, 4) is 0 Å². The van der Waals surface area contributed by atoms with Crippen molar-refractivity contribution in [2.75, 3.05) is 5.32 Å². The van der Waals surface area contributed by atoms with Gasteiger partial charge in [0.2, 0.25) is 0 Å². The van der Waals surface area contributed by atoms with Crippen molar-refractivity contribution in [3.05, 3.63) is 87.8 Å². The third-order valence-electron chi connectivity index (χ3n) is 4.47. The Labute approximate surface area is 177 Å². The van der Waals surface area contributed by atoms with Crippen LogP contribution < -0.4 is 10.9 Å². The maximum Gasteiger partial charge on any atom is 0.417 e. The zero-order valence-corrected chi connectivity index (χ0v) is 16.6. The van der Waals surface area contributed by atoms with Crippen LogP contribution in [0.3, 0.4) is 0 Å². The number of H-pyrrole nitrogens is 2. The number of amides is 1. The van der Waals surface area contributed by atoms with E-state index in [1.807, 2.05) is 29.2 Å². The van der Waals surface area contributed by atoms with Crippen molar-refractivity contribution in [2.45, 2.75) is 17.1 Å². The van der Waals surface area contributed by atoms with Crippen molar-refractivity contribution in [2.24, 2.45) is 0 Å². The molecule has 0 spiro atoms. The zero-order chi connectivity index (χ0) is 22.0. The van der Waals surface area contributed by atoms with E-state index in [0.29, 0.717) is 28.7 Å². The molecule has 0 aliphatic rings. The standard InChI is InChI=1S/C21H15F3N4O2S/c22-21(23,24)13-9-17(19(30)25-10-13)26-18(29)14-6-2-1-5-12(14)11-31-20-27-15-7-3-4-8-16(15)28-20/h1-10H,11H2,(H,25,30)(H,26,29)(H,27,28). The van der Waals surface area contributed by atoms with Gasteiger partial charge in [-0.15, -0.1) is 0 Å². The molecule has 2 heterocycles. The fourth-order valence-corrected chi connectivity index (χ4v) is 3.83. The molecule has 2 aromatic heterocycles. The second-order valence-corrected chi connectivity index (χ2v) is 7.55. The maximum absolute atomic E-state index is 12.9. The number of nitrogens with one attached hydrogen (secondary N) is 3. The Morgan fingerprint density at radius 3 is 2.61 bits per heavy atom. The molecule has 6 nitrogen and oxygen atoms in total. The lowest BCUT2D eigenvalue weighted by molar-refractivity contribution is -0.137. The van der Waals surface area contributed by atoms with Crippen LogP contribution in [0.25, 0.3) is 11.0 Å². The van der Waals surface area contributed by atoms with E-state index >= 15 is 0 Å². The number of hydrogen-bond acceptors (Lipinski definition) is 4. The molecule has 0 saturated carbocycles. The molecule has 0 aliphatic heterocycles. The highest BCUT2D eigenvalue weighted by Crippen LogP contribution is 2.29. The number of rotatable bonds is 5. The van der Waals surface area contributed by atoms with Gasteiger partial charge in [0.15, 0.2) is 5.16 Å². The van der Waals surface area contributed by atoms with Crippen LogP contribution in [0, 0.1) is 0 Å². The summed E-state index contributed by atoms with van der Waals surface area (Å²) in [6.07, 6.45) is -4.08. The highest BCUT2D eigenvalue weighted by Gasteiger charge is 2.31. The molecular weight excluding hydrogens is 429 g/mol. The van der Waals surface area contributed by atoms with E-state index in [4.69, 9.17) is 0 Å². The first kappa shape index (κ1) is 20.7. The Hall–Kier alpha value is -3.53. The van der Waals surface area contributed by atoms with Crippen LogP contribution in [0.15, 0.2) is 70.7 Å². The predicted octanol–water partition coefficient (Wildman–Crippen LogP) is 4.81. The number of aromatic amines is 2. The molecule has 2 aromatic carbocycles. The number of benzene rings is 2. The largest absolute Gasteiger partial charge is 0.417 e. The number of hydrogen-bond donors (Lipinski definition) is 3. The van der Waals surface area contributed by atoms with Crippen LogP contribution in [0.1, 0.15) is 21.5 Å². The van der Waals surface area contributed by atoms with Crippen LogP contribution >= 0.6 is 11.8 Å². The van der Waals surface area contributed by atoms with E-state index in [2.05, 4.69) is 15.3 Å². The van der Waals surface area contributed by atoms with Crippen LogP contribution in [0.2, 0.25) is 0 Å². The van der Waals surface area contributed by atoms with Crippen LogP contribution in [0.5, 0.6) is 0 Å². The summed E-state index contributed by atoms with van der Waals surface area (Å²) in [5.74, 6) is -0.284. The normalized spacial score (nSPS) is 11.6. The highest BCUT2D eigenvalue weighted by atomic mass is 32.2. The third-order valence-corrected chi connectivity index (χ3v) is 5.39. The lowest BCUT2D eigenvalue weighted by atomic mass is 10.1. The zero-order valence-electron chi connectivity index (χ0n) is 15.8. The summed E-state index contributed by atoms with van der Waals surface area (Å²) in [6.45, 7) is 0. The topological polar surface area (TPSA) is 90.6 Å². The molecule has 158 valence electrons. The Bertz CT molecular complexity index is 1280. The van der Waals surface area contributed by atoms with Gasteiger partial charge in [-0.25, -0.2) is 4.98 Å². The predicted molar refractivity (Wildman–Crippen MR) is 112 cm³/mol. The van der Waals surface area contributed by atoms with Gasteiger partial charge in [-0.1, -0.05) is 42.1 Å². The third kappa shape index (κ3) is 4.64. The monoisotopic (exact) mass is 444 g/mol. The van der Waals surface area contributed by atoms with Gasteiger partial charge >= 0.3 is 6.18 Å². The molecule has 0 unspecified atom stereocenters. The van der Waals surface area contributed by atoms with Crippen molar-refractivity contribution in [1.82, 2.24) is 15.0 Å². The molecule has 1 amide bonds. The number of fused-ring (bicyclic) bond motifs is 1. The van der Waals surface area contributed by atoms with Crippen LogP contribution in [-0.4, -0.2) is 20.9 Å². The van der Waals surface area contributed by atoms with Gasteiger partial charge in [-0.05, 0) is 29.8 Å². The smallest absolute Gasteiger partial charge is 0.333 e. The molecule has 0 aliphatic carbocycles. The molecule has 0 fully saturated rings. The highest BCUT2D eigenvalue weighted by molar-refractivity contribution is 7.98. The van der Waals surface area contributed by atoms with E-state index in [1.54, 1.807) is 24.3 Å². The van der Waals surface area contributed by atoms with E-state index in [-0.39, 0.29) is 5.56 Å². The van der Waals surface area contributed by atoms with Gasteiger partial charge in [-0.3, -0.25) is 9.59 Å². The fourth-order valence-electron chi connectivity index (χ4n) is 2.94. The fraction of sp³-hybridized carbons (Fsp3) is 0.0952. The number of alkyl halides is 3. The summed E-state index contributed by atoms with van der Waals surface area (Å²) < 4.78 is 38.7. The first-order valence-corrected chi connectivity index (χ1v) is 10.1. The number of halogens is 3. The van der Waals surface area contributed by atoms with Crippen LogP contribution in [0.4, 0.5) is 18.9 Å². The maximum atomic E-state index is 12.9. The number of anilines is 1. The van der Waals surface area contributed by atoms with E-state index in [0.717, 1.165) is 11.0 Å². The molecule has 0 radical (unpaired) electrons. The van der Waals surface area contributed by atoms with E-state index in [1.165, 1.54) is 11.8 Å². The SMILES string of the molecule is O=C(Nc1cc(C(F)(F)F)c[nH]c1=O)c1ccccc1CSc1nc2ccccc2[nH]1. The Morgan fingerprint density at radius 1 is 1.10 bits per heavy atom. The Morgan fingerprint density at radius 2 is 1.84 bits per heavy atom. The second-order valence-electron chi connectivity index (χ2n) is 6.59. The van der Waals surface area contributed by atoms with Gasteiger partial charge in [0.1, 0.15) is 5.69 Å². The summed E-state index contributed by atoms with van der Waals surface area (Å²) in [5, 5.41) is 2.96. The number of carbonyl (C=O) groups excluding carboxylic acids is 1. The summed E-state index contributed by atoms with van der Waals surface area (Å²) >= 11 is 1.38. The number of para-hydroxylation sites is 2. The summed E-state index contributed by atoms with van der Waals surface area (Å²) in [4.78, 5) is 34.3.